The summed E-state index contributed by atoms with van der Waals surface area (Å²) in [7, 11) is 0. The number of rotatable bonds is 3. The van der Waals surface area contributed by atoms with Crippen LogP contribution in [-0.4, -0.2) is 16.9 Å². The summed E-state index contributed by atoms with van der Waals surface area (Å²) >= 11 is 0. The van der Waals surface area contributed by atoms with Gasteiger partial charge in [0.25, 0.3) is 11.6 Å². The molecule has 0 aliphatic heterocycles. The molecule has 22 heavy (non-hydrogen) atoms. The number of hydrogen-bond donors (Lipinski definition) is 1. The van der Waals surface area contributed by atoms with Crippen LogP contribution in [0.4, 0.5) is 5.69 Å². The van der Waals surface area contributed by atoms with E-state index >= 15 is 0 Å². The van der Waals surface area contributed by atoms with Gasteiger partial charge in [-0.3, -0.25) is 14.9 Å². The summed E-state index contributed by atoms with van der Waals surface area (Å²) in [5.74, 6) is 0.434. The minimum absolute atomic E-state index is 0.0499. The van der Waals surface area contributed by atoms with Gasteiger partial charge in [-0.25, -0.2) is 0 Å². The second-order valence-corrected chi connectivity index (χ2v) is 7.63. The van der Waals surface area contributed by atoms with Gasteiger partial charge in [0.05, 0.1) is 4.92 Å². The van der Waals surface area contributed by atoms with Crippen LogP contribution in [0.5, 0.6) is 0 Å². The fourth-order valence-electron chi connectivity index (χ4n) is 4.64. The van der Waals surface area contributed by atoms with E-state index in [1.807, 2.05) is 0 Å². The van der Waals surface area contributed by atoms with Gasteiger partial charge in [-0.15, -0.1) is 0 Å². The van der Waals surface area contributed by atoms with Crippen molar-refractivity contribution >= 4 is 11.6 Å². The molecule has 0 radical (unpaired) electrons. The van der Waals surface area contributed by atoms with Crippen molar-refractivity contribution in [2.24, 2.45) is 16.7 Å². The Kier molecular flexibility index (Phi) is 3.27. The zero-order valence-corrected chi connectivity index (χ0v) is 13.3. The average Bonchev–Trinajstić information content (AvgIpc) is 2.94. The highest BCUT2D eigenvalue weighted by atomic mass is 16.6. The van der Waals surface area contributed by atoms with E-state index in [-0.39, 0.29) is 28.5 Å². The number of carbonyl (C=O) groups is 1. The average molecular weight is 302 g/mol. The van der Waals surface area contributed by atoms with Gasteiger partial charge in [-0.05, 0) is 42.1 Å². The van der Waals surface area contributed by atoms with Crippen LogP contribution in [0.2, 0.25) is 0 Å². The molecule has 3 atom stereocenters. The predicted octanol–water partition coefficient (Wildman–Crippen LogP) is 3.54. The Balaban J connectivity index is 1.83. The highest BCUT2D eigenvalue weighted by Gasteiger charge is 2.59. The topological polar surface area (TPSA) is 72.2 Å². The van der Waals surface area contributed by atoms with Gasteiger partial charge in [-0.2, -0.15) is 0 Å². The molecule has 0 aromatic heterocycles. The zero-order chi connectivity index (χ0) is 16.1. The SMILES string of the molecule is CC12CCC(C1)C(C)(C)C2NC(=O)c1cccc([N+](=O)[O-])c1. The van der Waals surface area contributed by atoms with E-state index < -0.39 is 4.92 Å². The van der Waals surface area contributed by atoms with Gasteiger partial charge in [-0.1, -0.05) is 26.8 Å². The molecule has 3 unspecified atom stereocenters. The van der Waals surface area contributed by atoms with Crippen LogP contribution in [0, 0.1) is 26.9 Å². The summed E-state index contributed by atoms with van der Waals surface area (Å²) in [4.78, 5) is 22.9. The van der Waals surface area contributed by atoms with Crippen molar-refractivity contribution < 1.29 is 9.72 Å². The number of nitro benzene ring substituents is 1. The van der Waals surface area contributed by atoms with E-state index in [1.165, 1.54) is 18.6 Å². The summed E-state index contributed by atoms with van der Waals surface area (Å²) in [6, 6.07) is 6.05. The number of non-ortho nitro benzene ring substituents is 1. The molecule has 2 bridgehead atoms. The van der Waals surface area contributed by atoms with E-state index in [1.54, 1.807) is 12.1 Å². The number of amides is 1. The molecule has 3 rings (SSSR count). The molecule has 0 heterocycles. The summed E-state index contributed by atoms with van der Waals surface area (Å²) in [5, 5.41) is 14.0. The molecule has 0 saturated heterocycles. The number of hydrogen-bond acceptors (Lipinski definition) is 3. The fraction of sp³-hybridized carbons (Fsp3) is 0.588. The molecular formula is C17H22N2O3. The molecule has 5 heteroatoms. The molecule has 1 aromatic carbocycles. The van der Waals surface area contributed by atoms with Gasteiger partial charge in [0.2, 0.25) is 0 Å². The van der Waals surface area contributed by atoms with Crippen LogP contribution < -0.4 is 5.32 Å². The molecule has 2 saturated carbocycles. The predicted molar refractivity (Wildman–Crippen MR) is 83.6 cm³/mol. The maximum Gasteiger partial charge on any atom is 0.270 e. The molecule has 2 aliphatic rings. The van der Waals surface area contributed by atoms with Crippen molar-refractivity contribution in [3.05, 3.63) is 39.9 Å². The summed E-state index contributed by atoms with van der Waals surface area (Å²) in [6.07, 6.45) is 3.52. The Morgan fingerprint density at radius 2 is 2.09 bits per heavy atom. The lowest BCUT2D eigenvalue weighted by molar-refractivity contribution is -0.384. The van der Waals surface area contributed by atoms with Crippen molar-refractivity contribution in [1.29, 1.82) is 0 Å². The normalized spacial score (nSPS) is 32.0. The fourth-order valence-corrected chi connectivity index (χ4v) is 4.64. The van der Waals surface area contributed by atoms with Crippen molar-refractivity contribution in [3.8, 4) is 0 Å². The maximum atomic E-state index is 12.5. The summed E-state index contributed by atoms with van der Waals surface area (Å²) in [5.41, 5.74) is 0.524. The quantitative estimate of drug-likeness (QED) is 0.685. The molecule has 1 amide bonds. The van der Waals surface area contributed by atoms with Crippen LogP contribution in [0.25, 0.3) is 0 Å². The van der Waals surface area contributed by atoms with Crippen LogP contribution in [0.15, 0.2) is 24.3 Å². The van der Waals surface area contributed by atoms with Crippen LogP contribution in [-0.2, 0) is 0 Å². The highest BCUT2D eigenvalue weighted by molar-refractivity contribution is 5.95. The van der Waals surface area contributed by atoms with E-state index in [0.717, 1.165) is 12.8 Å². The lowest BCUT2D eigenvalue weighted by atomic mass is 9.68. The Labute approximate surface area is 130 Å². The molecule has 2 fully saturated rings. The number of fused-ring (bicyclic) bond motifs is 2. The van der Waals surface area contributed by atoms with Crippen molar-refractivity contribution in [1.82, 2.24) is 5.32 Å². The second kappa shape index (κ2) is 4.80. The molecule has 5 nitrogen and oxygen atoms in total. The monoisotopic (exact) mass is 302 g/mol. The Hall–Kier alpha value is -1.91. The minimum Gasteiger partial charge on any atom is -0.348 e. The van der Waals surface area contributed by atoms with E-state index in [0.29, 0.717) is 11.5 Å². The largest absolute Gasteiger partial charge is 0.348 e. The molecule has 2 aliphatic carbocycles. The van der Waals surface area contributed by atoms with E-state index in [9.17, 15) is 14.9 Å². The van der Waals surface area contributed by atoms with E-state index in [2.05, 4.69) is 26.1 Å². The first kappa shape index (κ1) is 15.0. The zero-order valence-electron chi connectivity index (χ0n) is 13.3. The third kappa shape index (κ3) is 2.19. The number of benzene rings is 1. The van der Waals surface area contributed by atoms with Gasteiger partial charge in [0, 0.05) is 23.7 Å². The summed E-state index contributed by atoms with van der Waals surface area (Å²) in [6.45, 7) is 6.70. The molecular weight excluding hydrogens is 280 g/mol. The third-order valence-electron chi connectivity index (χ3n) is 5.86. The molecule has 1 aromatic rings. The number of carbonyl (C=O) groups excluding carboxylic acids is 1. The number of nitrogens with zero attached hydrogens (tertiary/aromatic N) is 1. The van der Waals surface area contributed by atoms with Gasteiger partial charge in [0.15, 0.2) is 0 Å². The Morgan fingerprint density at radius 3 is 2.68 bits per heavy atom. The lowest BCUT2D eigenvalue weighted by Crippen LogP contribution is -2.52. The number of nitrogens with one attached hydrogen (secondary N) is 1. The number of nitro groups is 1. The second-order valence-electron chi connectivity index (χ2n) is 7.63. The van der Waals surface area contributed by atoms with Crippen LogP contribution in [0.3, 0.4) is 0 Å². The van der Waals surface area contributed by atoms with Gasteiger partial charge < -0.3 is 5.32 Å². The Morgan fingerprint density at radius 1 is 1.36 bits per heavy atom. The highest BCUT2D eigenvalue weighted by Crippen LogP contribution is 2.62. The Bertz CT molecular complexity index is 636. The molecule has 0 spiro atoms. The van der Waals surface area contributed by atoms with Gasteiger partial charge >= 0.3 is 0 Å². The van der Waals surface area contributed by atoms with Crippen molar-refractivity contribution in [2.45, 2.75) is 46.1 Å². The van der Waals surface area contributed by atoms with Gasteiger partial charge in [0.1, 0.15) is 0 Å². The molecule has 118 valence electrons. The van der Waals surface area contributed by atoms with E-state index in [4.69, 9.17) is 0 Å². The first-order chi connectivity index (χ1) is 10.2. The lowest BCUT2D eigenvalue weighted by Gasteiger charge is -2.43. The maximum absolute atomic E-state index is 12.5. The van der Waals surface area contributed by atoms with Crippen molar-refractivity contribution in [3.63, 3.8) is 0 Å². The third-order valence-corrected chi connectivity index (χ3v) is 5.86. The smallest absolute Gasteiger partial charge is 0.270 e. The summed E-state index contributed by atoms with van der Waals surface area (Å²) < 4.78 is 0. The first-order valence-electron chi connectivity index (χ1n) is 7.79. The van der Waals surface area contributed by atoms with Crippen LogP contribution >= 0.6 is 0 Å². The molecule has 1 N–H and O–H groups in total. The standard InChI is InChI=1S/C17H22N2O3/c1-16(2)12-7-8-17(3,10-12)15(16)18-14(20)11-5-4-6-13(9-11)19(21)22/h4-6,9,12,15H,7-8,10H2,1-3H3,(H,18,20). The first-order valence-corrected chi connectivity index (χ1v) is 7.79. The van der Waals surface area contributed by atoms with Crippen molar-refractivity contribution in [2.75, 3.05) is 0 Å². The van der Waals surface area contributed by atoms with Crippen LogP contribution in [0.1, 0.15) is 50.4 Å². The minimum atomic E-state index is -0.473.